The fourth-order valence-corrected chi connectivity index (χ4v) is 2.39. The van der Waals surface area contributed by atoms with E-state index in [2.05, 4.69) is 26.2 Å². The number of rotatable bonds is 4. The van der Waals surface area contributed by atoms with Gasteiger partial charge in [0.1, 0.15) is 11.6 Å². The van der Waals surface area contributed by atoms with Crippen LogP contribution in [-0.2, 0) is 6.42 Å². The zero-order valence-corrected chi connectivity index (χ0v) is 12.1. The summed E-state index contributed by atoms with van der Waals surface area (Å²) in [6.45, 7) is 0. The lowest BCUT2D eigenvalue weighted by Gasteiger charge is -2.18. The van der Waals surface area contributed by atoms with Crippen molar-refractivity contribution in [2.45, 2.75) is 12.5 Å². The summed E-state index contributed by atoms with van der Waals surface area (Å²) >= 11 is 3.37. The van der Waals surface area contributed by atoms with Gasteiger partial charge in [-0.25, -0.2) is 9.37 Å². The Kier molecular flexibility index (Phi) is 4.50. The molecular weight excluding hydrogens is 309 g/mol. The third-order valence-electron chi connectivity index (χ3n) is 2.97. The molecule has 3 N–H and O–H groups in total. The van der Waals surface area contributed by atoms with Gasteiger partial charge < -0.3 is 11.1 Å². The Balaban J connectivity index is 2.27. The van der Waals surface area contributed by atoms with Gasteiger partial charge in [0.25, 0.3) is 0 Å². The molecule has 0 fully saturated rings. The maximum atomic E-state index is 13.9. The number of nitrogen functional groups attached to an aromatic ring is 1. The zero-order chi connectivity index (χ0) is 13.8. The highest BCUT2D eigenvalue weighted by Crippen LogP contribution is 2.24. The van der Waals surface area contributed by atoms with Crippen LogP contribution in [0.3, 0.4) is 0 Å². The van der Waals surface area contributed by atoms with E-state index in [0.717, 1.165) is 10.0 Å². The van der Waals surface area contributed by atoms with Crippen molar-refractivity contribution in [3.05, 3.63) is 57.9 Å². The van der Waals surface area contributed by atoms with Gasteiger partial charge in [-0.2, -0.15) is 0 Å². The van der Waals surface area contributed by atoms with Gasteiger partial charge in [0, 0.05) is 22.3 Å². The summed E-state index contributed by atoms with van der Waals surface area (Å²) in [5.41, 5.74) is 7.31. The van der Waals surface area contributed by atoms with Gasteiger partial charge in [0.2, 0.25) is 0 Å². The van der Waals surface area contributed by atoms with Crippen LogP contribution in [0.25, 0.3) is 0 Å². The molecule has 2 rings (SSSR count). The molecule has 1 aromatic heterocycles. The van der Waals surface area contributed by atoms with Crippen LogP contribution in [0.2, 0.25) is 0 Å². The predicted octanol–water partition coefficient (Wildman–Crippen LogP) is 3.07. The normalized spacial score (nSPS) is 12.4. The van der Waals surface area contributed by atoms with Crippen molar-refractivity contribution in [1.82, 2.24) is 10.3 Å². The molecule has 1 heterocycles. The number of hydrogen-bond acceptors (Lipinski definition) is 3. The topological polar surface area (TPSA) is 50.9 Å². The third kappa shape index (κ3) is 3.52. The molecule has 3 nitrogen and oxygen atoms in total. The Bertz CT molecular complexity index is 574. The van der Waals surface area contributed by atoms with E-state index in [1.807, 2.05) is 13.1 Å². The number of likely N-dealkylation sites (N-methyl/N-ethyl adjacent to an activating group) is 1. The Morgan fingerprint density at radius 3 is 2.84 bits per heavy atom. The van der Waals surface area contributed by atoms with E-state index in [4.69, 9.17) is 5.73 Å². The lowest BCUT2D eigenvalue weighted by atomic mass is 9.99. The van der Waals surface area contributed by atoms with E-state index in [9.17, 15) is 4.39 Å². The molecule has 1 atom stereocenters. The minimum Gasteiger partial charge on any atom is -0.384 e. The van der Waals surface area contributed by atoms with Crippen LogP contribution in [0.4, 0.5) is 10.2 Å². The van der Waals surface area contributed by atoms with Gasteiger partial charge in [-0.15, -0.1) is 0 Å². The molecule has 1 unspecified atom stereocenters. The lowest BCUT2D eigenvalue weighted by molar-refractivity contribution is 0.533. The Morgan fingerprint density at radius 1 is 1.37 bits per heavy atom. The van der Waals surface area contributed by atoms with E-state index < -0.39 is 0 Å². The van der Waals surface area contributed by atoms with Crippen LogP contribution in [-0.4, -0.2) is 12.0 Å². The quantitative estimate of drug-likeness (QED) is 0.909. The zero-order valence-electron chi connectivity index (χ0n) is 10.5. The average Bonchev–Trinajstić information content (AvgIpc) is 2.39. The molecule has 0 radical (unpaired) electrons. The highest BCUT2D eigenvalue weighted by atomic mass is 79.9. The van der Waals surface area contributed by atoms with Gasteiger partial charge >= 0.3 is 0 Å². The second kappa shape index (κ2) is 6.12. The Morgan fingerprint density at radius 2 is 2.16 bits per heavy atom. The molecule has 0 aliphatic carbocycles. The second-order valence-corrected chi connectivity index (χ2v) is 5.22. The summed E-state index contributed by atoms with van der Waals surface area (Å²) < 4.78 is 14.8. The number of pyridine rings is 1. The molecular formula is C14H15BrFN3. The molecule has 2 aromatic rings. The number of nitrogens with two attached hydrogens (primary N) is 1. The molecule has 100 valence electrons. The SMILES string of the molecule is CNC(Cc1ccnc(N)c1)c1cc(Br)ccc1F. The van der Waals surface area contributed by atoms with Gasteiger partial charge in [-0.1, -0.05) is 15.9 Å². The van der Waals surface area contributed by atoms with E-state index >= 15 is 0 Å². The number of nitrogens with zero attached hydrogens (tertiary/aromatic N) is 1. The number of anilines is 1. The van der Waals surface area contributed by atoms with Gasteiger partial charge in [-0.3, -0.25) is 0 Å². The van der Waals surface area contributed by atoms with Gasteiger partial charge in [0.05, 0.1) is 0 Å². The van der Waals surface area contributed by atoms with Crippen molar-refractivity contribution in [3.8, 4) is 0 Å². The molecule has 0 aliphatic rings. The standard InChI is InChI=1S/C14H15BrFN3/c1-18-13(6-9-4-5-19-14(17)7-9)11-8-10(15)2-3-12(11)16/h2-5,7-8,13,18H,6H2,1H3,(H2,17,19). The second-order valence-electron chi connectivity index (χ2n) is 4.30. The van der Waals surface area contributed by atoms with Crippen molar-refractivity contribution in [3.63, 3.8) is 0 Å². The number of halogens is 2. The third-order valence-corrected chi connectivity index (χ3v) is 3.46. The molecule has 5 heteroatoms. The summed E-state index contributed by atoms with van der Waals surface area (Å²) in [5, 5.41) is 3.13. The van der Waals surface area contributed by atoms with Crippen molar-refractivity contribution < 1.29 is 4.39 Å². The van der Waals surface area contributed by atoms with Gasteiger partial charge in [0.15, 0.2) is 0 Å². The highest BCUT2D eigenvalue weighted by molar-refractivity contribution is 9.10. The van der Waals surface area contributed by atoms with Crippen molar-refractivity contribution in [2.24, 2.45) is 0 Å². The van der Waals surface area contributed by atoms with Crippen LogP contribution in [0, 0.1) is 5.82 Å². The van der Waals surface area contributed by atoms with Crippen LogP contribution < -0.4 is 11.1 Å². The van der Waals surface area contributed by atoms with Crippen LogP contribution in [0.5, 0.6) is 0 Å². The summed E-state index contributed by atoms with van der Waals surface area (Å²) in [5.74, 6) is 0.256. The van der Waals surface area contributed by atoms with Crippen LogP contribution in [0.15, 0.2) is 41.0 Å². The predicted molar refractivity (Wildman–Crippen MR) is 78.3 cm³/mol. The maximum Gasteiger partial charge on any atom is 0.128 e. The van der Waals surface area contributed by atoms with E-state index in [1.54, 1.807) is 24.4 Å². The molecule has 0 saturated carbocycles. The summed E-state index contributed by atoms with van der Waals surface area (Å²) in [7, 11) is 1.82. The molecule has 0 spiro atoms. The molecule has 0 bridgehead atoms. The van der Waals surface area contributed by atoms with E-state index in [1.165, 1.54) is 6.07 Å². The minimum absolute atomic E-state index is 0.112. The molecule has 19 heavy (non-hydrogen) atoms. The smallest absolute Gasteiger partial charge is 0.128 e. The number of nitrogens with one attached hydrogen (secondary N) is 1. The summed E-state index contributed by atoms with van der Waals surface area (Å²) in [6.07, 6.45) is 2.31. The van der Waals surface area contributed by atoms with E-state index in [-0.39, 0.29) is 11.9 Å². The number of hydrogen-bond donors (Lipinski definition) is 2. The first kappa shape index (κ1) is 14.0. The number of benzene rings is 1. The largest absolute Gasteiger partial charge is 0.384 e. The Labute approximate surface area is 120 Å². The fourth-order valence-electron chi connectivity index (χ4n) is 2.01. The van der Waals surface area contributed by atoms with Crippen LogP contribution >= 0.6 is 15.9 Å². The number of aromatic nitrogens is 1. The highest BCUT2D eigenvalue weighted by Gasteiger charge is 2.15. The Hall–Kier alpha value is -1.46. The average molecular weight is 324 g/mol. The molecule has 0 aliphatic heterocycles. The van der Waals surface area contributed by atoms with Crippen molar-refractivity contribution >= 4 is 21.7 Å². The maximum absolute atomic E-state index is 13.9. The molecule has 0 amide bonds. The first-order valence-electron chi connectivity index (χ1n) is 5.92. The fraction of sp³-hybridized carbons (Fsp3) is 0.214. The lowest BCUT2D eigenvalue weighted by Crippen LogP contribution is -2.20. The summed E-state index contributed by atoms with van der Waals surface area (Å²) in [6, 6.07) is 8.53. The van der Waals surface area contributed by atoms with E-state index in [0.29, 0.717) is 17.8 Å². The van der Waals surface area contributed by atoms with Gasteiger partial charge in [-0.05, 0) is 49.4 Å². The monoisotopic (exact) mass is 323 g/mol. The molecule has 1 aromatic carbocycles. The molecule has 0 saturated heterocycles. The summed E-state index contributed by atoms with van der Waals surface area (Å²) in [4.78, 5) is 3.95. The van der Waals surface area contributed by atoms with Crippen molar-refractivity contribution in [2.75, 3.05) is 12.8 Å². The van der Waals surface area contributed by atoms with Crippen molar-refractivity contribution in [1.29, 1.82) is 0 Å². The first-order valence-corrected chi connectivity index (χ1v) is 6.72. The van der Waals surface area contributed by atoms with Crippen LogP contribution in [0.1, 0.15) is 17.2 Å². The minimum atomic E-state index is -0.218. The first-order chi connectivity index (χ1) is 9.10.